The van der Waals surface area contributed by atoms with E-state index < -0.39 is 22.4 Å². The molecule has 2 fully saturated rings. The summed E-state index contributed by atoms with van der Waals surface area (Å²) < 4.78 is 18.6. The van der Waals surface area contributed by atoms with Gasteiger partial charge in [0, 0.05) is 31.0 Å². The Kier molecular flexibility index (Phi) is 6.64. The smallest absolute Gasteiger partial charge is 0.316 e. The van der Waals surface area contributed by atoms with Gasteiger partial charge >= 0.3 is 11.9 Å². The third kappa shape index (κ3) is 4.77. The maximum atomic E-state index is 13.5. The molecule has 3 aliphatic rings. The van der Waals surface area contributed by atoms with Crippen LogP contribution in [0.15, 0.2) is 24.3 Å². The highest BCUT2D eigenvalue weighted by Gasteiger charge is 2.61. The number of ether oxygens (including phenoxy) is 3. The van der Waals surface area contributed by atoms with Gasteiger partial charge in [0.1, 0.15) is 16.8 Å². The molecule has 1 amide bonds. The number of carboxylic acid groups (broad SMARTS) is 1. The van der Waals surface area contributed by atoms with Crippen molar-refractivity contribution in [1.29, 1.82) is 0 Å². The number of carbonyl (C=O) groups is 3. The van der Waals surface area contributed by atoms with Crippen molar-refractivity contribution in [2.45, 2.75) is 78.1 Å². The summed E-state index contributed by atoms with van der Waals surface area (Å²) in [7, 11) is 0. The number of esters is 1. The maximum absolute atomic E-state index is 13.5. The average Bonchev–Trinajstić information content (AvgIpc) is 2.76. The van der Waals surface area contributed by atoms with Crippen LogP contribution < -0.4 is 4.74 Å². The number of nitrogens with zero attached hydrogens (tertiary/aromatic N) is 1. The van der Waals surface area contributed by atoms with Gasteiger partial charge in [-0.15, -0.1) is 0 Å². The molecule has 0 radical (unpaired) electrons. The summed E-state index contributed by atoms with van der Waals surface area (Å²) >= 11 is 0. The molecular weight excluding hydrogens is 450 g/mol. The van der Waals surface area contributed by atoms with Crippen LogP contribution in [0.2, 0.25) is 0 Å². The van der Waals surface area contributed by atoms with Gasteiger partial charge in [0.25, 0.3) is 0 Å². The minimum absolute atomic E-state index is 0.0950. The van der Waals surface area contributed by atoms with Gasteiger partial charge in [-0.1, -0.05) is 32.0 Å². The summed E-state index contributed by atoms with van der Waals surface area (Å²) in [6, 6.07) is 7.87. The van der Waals surface area contributed by atoms with Crippen molar-refractivity contribution in [2.75, 3.05) is 19.7 Å². The summed E-state index contributed by atoms with van der Waals surface area (Å²) in [5.74, 6) is -0.742. The highest BCUT2D eigenvalue weighted by molar-refractivity contribution is 5.82. The molecule has 0 unspecified atom stereocenters. The molecular formula is C27H37NO7. The molecule has 2 saturated heterocycles. The predicted molar refractivity (Wildman–Crippen MR) is 128 cm³/mol. The zero-order valence-corrected chi connectivity index (χ0v) is 21.3. The lowest BCUT2D eigenvalue weighted by Crippen LogP contribution is -2.64. The molecule has 4 atom stereocenters. The highest BCUT2D eigenvalue weighted by Crippen LogP contribution is 2.57. The van der Waals surface area contributed by atoms with Crippen LogP contribution in [-0.4, -0.2) is 59.3 Å². The lowest BCUT2D eigenvalue weighted by molar-refractivity contribution is -0.231. The van der Waals surface area contributed by atoms with Gasteiger partial charge in [-0.2, -0.15) is 0 Å². The van der Waals surface area contributed by atoms with Crippen LogP contribution in [-0.2, 0) is 23.9 Å². The number of likely N-dealkylation sites (tertiary alicyclic amines) is 1. The summed E-state index contributed by atoms with van der Waals surface area (Å²) in [4.78, 5) is 39.7. The largest absolute Gasteiger partial charge is 0.487 e. The van der Waals surface area contributed by atoms with Gasteiger partial charge < -0.3 is 24.2 Å². The Morgan fingerprint density at radius 1 is 1.20 bits per heavy atom. The van der Waals surface area contributed by atoms with E-state index in [1.165, 1.54) is 0 Å². The Hall–Kier alpha value is -2.61. The number of para-hydroxylation sites is 1. The minimum atomic E-state index is -1.01. The van der Waals surface area contributed by atoms with Crippen molar-refractivity contribution < 1.29 is 33.7 Å². The fourth-order valence-electron chi connectivity index (χ4n) is 6.06. The fourth-order valence-corrected chi connectivity index (χ4v) is 6.06. The zero-order valence-electron chi connectivity index (χ0n) is 21.3. The lowest BCUT2D eigenvalue weighted by Gasteiger charge is -2.57. The van der Waals surface area contributed by atoms with Crippen LogP contribution in [0, 0.1) is 16.7 Å². The van der Waals surface area contributed by atoms with E-state index in [9.17, 15) is 19.5 Å². The number of aliphatic carboxylic acids is 1. The third-order valence-electron chi connectivity index (χ3n) is 7.80. The van der Waals surface area contributed by atoms with Gasteiger partial charge in [0.2, 0.25) is 5.91 Å². The quantitative estimate of drug-likeness (QED) is 0.606. The fraction of sp³-hybridized carbons (Fsp3) is 0.667. The Balaban J connectivity index is 1.64. The number of carbonyl (C=O) groups excluding carboxylic acids is 2. The van der Waals surface area contributed by atoms with Gasteiger partial charge in [0.15, 0.2) is 0 Å². The number of benzene rings is 1. The van der Waals surface area contributed by atoms with Crippen molar-refractivity contribution in [3.8, 4) is 5.75 Å². The van der Waals surface area contributed by atoms with Gasteiger partial charge in [-0.25, -0.2) is 0 Å². The van der Waals surface area contributed by atoms with Crippen molar-refractivity contribution in [3.63, 3.8) is 0 Å². The van der Waals surface area contributed by atoms with Gasteiger partial charge in [-0.05, 0) is 45.1 Å². The number of fused-ring (bicyclic) bond motifs is 4. The van der Waals surface area contributed by atoms with E-state index in [1.54, 1.807) is 25.7 Å². The SMILES string of the molecule is CCOC(=O)[C@@]12C[C@@H]3[C@@H](O[C@@H]1CCN(C(=O)CC(C)(C)CC(=O)O)C2)c1ccccc1OC3(C)C. The second kappa shape index (κ2) is 9.12. The second-order valence-electron chi connectivity index (χ2n) is 11.5. The minimum Gasteiger partial charge on any atom is -0.487 e. The third-order valence-corrected chi connectivity index (χ3v) is 7.80. The summed E-state index contributed by atoms with van der Waals surface area (Å²) in [6.07, 6.45) is 0.384. The topological polar surface area (TPSA) is 102 Å². The molecule has 8 heteroatoms. The lowest BCUT2D eigenvalue weighted by atomic mass is 9.63. The monoisotopic (exact) mass is 487 g/mol. The molecule has 3 heterocycles. The molecule has 0 bridgehead atoms. The first-order valence-electron chi connectivity index (χ1n) is 12.5. The van der Waals surface area contributed by atoms with E-state index in [0.29, 0.717) is 19.4 Å². The van der Waals surface area contributed by atoms with Crippen LogP contribution >= 0.6 is 0 Å². The maximum Gasteiger partial charge on any atom is 0.316 e. The molecule has 8 nitrogen and oxygen atoms in total. The number of rotatable bonds is 6. The normalized spacial score (nSPS) is 29.2. The molecule has 0 aliphatic carbocycles. The Labute approximate surface area is 206 Å². The van der Waals surface area contributed by atoms with Crippen molar-refractivity contribution in [1.82, 2.24) is 4.90 Å². The molecule has 0 spiro atoms. The molecule has 35 heavy (non-hydrogen) atoms. The summed E-state index contributed by atoms with van der Waals surface area (Å²) in [5, 5.41) is 9.21. The number of carboxylic acids is 1. The van der Waals surface area contributed by atoms with Crippen molar-refractivity contribution >= 4 is 17.8 Å². The number of amides is 1. The van der Waals surface area contributed by atoms with Gasteiger partial charge in [-0.3, -0.25) is 14.4 Å². The first-order chi connectivity index (χ1) is 16.4. The van der Waals surface area contributed by atoms with E-state index in [1.807, 2.05) is 38.1 Å². The molecule has 4 rings (SSSR count). The predicted octanol–water partition coefficient (Wildman–Crippen LogP) is 3.98. The van der Waals surface area contributed by atoms with Crippen LogP contribution in [0.3, 0.4) is 0 Å². The van der Waals surface area contributed by atoms with Gasteiger partial charge in [0.05, 0.1) is 25.2 Å². The van der Waals surface area contributed by atoms with Crippen LogP contribution in [0.4, 0.5) is 0 Å². The summed E-state index contributed by atoms with van der Waals surface area (Å²) in [5.41, 5.74) is -1.29. The van der Waals surface area contributed by atoms with Crippen molar-refractivity contribution in [3.05, 3.63) is 29.8 Å². The Bertz CT molecular complexity index is 1000. The number of hydrogen-bond acceptors (Lipinski definition) is 6. The van der Waals surface area contributed by atoms with Crippen LogP contribution in [0.1, 0.15) is 72.0 Å². The highest BCUT2D eigenvalue weighted by atomic mass is 16.5. The van der Waals surface area contributed by atoms with E-state index in [-0.39, 0.29) is 56.0 Å². The molecule has 0 saturated carbocycles. The first kappa shape index (κ1) is 25.5. The summed E-state index contributed by atoms with van der Waals surface area (Å²) in [6.45, 7) is 10.3. The number of piperidine rings is 1. The van der Waals surface area contributed by atoms with E-state index >= 15 is 0 Å². The van der Waals surface area contributed by atoms with Crippen LogP contribution in [0.5, 0.6) is 5.75 Å². The zero-order chi connectivity index (χ0) is 25.6. The van der Waals surface area contributed by atoms with E-state index in [2.05, 4.69) is 0 Å². The number of hydrogen-bond donors (Lipinski definition) is 1. The standard InChI is InChI=1S/C27H37NO7/c1-6-33-24(32)27-13-18-23(17-9-7-8-10-19(17)35-26(18,4)5)34-20(27)11-12-28(16-27)21(29)14-25(2,3)15-22(30)31/h7-10,18,20,23H,6,11-16H2,1-5H3,(H,30,31)/t18-,20-,23+,27-/m1/s1. The Morgan fingerprint density at radius 2 is 1.91 bits per heavy atom. The molecule has 3 aliphatic heterocycles. The molecule has 1 N–H and O–H groups in total. The molecule has 192 valence electrons. The van der Waals surface area contributed by atoms with Crippen LogP contribution in [0.25, 0.3) is 0 Å². The first-order valence-corrected chi connectivity index (χ1v) is 12.5. The molecule has 1 aromatic carbocycles. The molecule has 1 aromatic rings. The van der Waals surface area contributed by atoms with Crippen molar-refractivity contribution in [2.24, 2.45) is 16.7 Å². The second-order valence-corrected chi connectivity index (χ2v) is 11.5. The van der Waals surface area contributed by atoms with E-state index in [0.717, 1.165) is 11.3 Å². The Morgan fingerprint density at radius 3 is 2.60 bits per heavy atom. The molecule has 0 aromatic heterocycles. The average molecular weight is 488 g/mol. The van der Waals surface area contributed by atoms with E-state index in [4.69, 9.17) is 14.2 Å².